The predicted octanol–water partition coefficient (Wildman–Crippen LogP) is 3.10. The molecule has 1 heterocycles. The van der Waals surface area contributed by atoms with Crippen LogP contribution in [0.2, 0.25) is 0 Å². The number of carbonyl (C=O) groups is 1. The van der Waals surface area contributed by atoms with E-state index in [1.54, 1.807) is 0 Å². The number of unbranched alkanes of at least 4 members (excludes halogenated alkanes) is 2. The molecule has 0 aromatic carbocycles. The first-order valence-electron chi connectivity index (χ1n) is 6.06. The van der Waals surface area contributed by atoms with Gasteiger partial charge in [-0.05, 0) is 13.3 Å². The maximum absolute atomic E-state index is 10.4. The fourth-order valence-electron chi connectivity index (χ4n) is 1.43. The van der Waals surface area contributed by atoms with Gasteiger partial charge in [-0.15, -0.1) is 10.2 Å². The predicted molar refractivity (Wildman–Crippen MR) is 75.5 cm³/mol. The molecule has 1 aromatic heterocycles. The molecule has 7 heteroatoms. The van der Waals surface area contributed by atoms with Crippen molar-refractivity contribution in [2.75, 3.05) is 11.1 Å². The Morgan fingerprint density at radius 3 is 2.94 bits per heavy atom. The molecule has 5 nitrogen and oxygen atoms in total. The maximum atomic E-state index is 10.4. The molecule has 2 N–H and O–H groups in total. The van der Waals surface area contributed by atoms with Gasteiger partial charge in [-0.25, -0.2) is 0 Å². The smallest absolute Gasteiger partial charge is 0.313 e. The normalized spacial score (nSPS) is 12.3. The van der Waals surface area contributed by atoms with Crippen molar-refractivity contribution < 1.29 is 9.90 Å². The first-order chi connectivity index (χ1) is 8.61. The third-order valence-corrected chi connectivity index (χ3v) is 4.31. The standard InChI is InChI=1S/C11H19N3O2S2/c1-3-4-5-6-8(2)12-10-13-14-11(18-10)17-7-9(15)16/h8H,3-7H2,1-2H3,(H,12,13)(H,15,16). The highest BCUT2D eigenvalue weighted by molar-refractivity contribution is 8.01. The van der Waals surface area contributed by atoms with Crippen molar-refractivity contribution in [3.63, 3.8) is 0 Å². The second-order valence-electron chi connectivity index (χ2n) is 4.10. The van der Waals surface area contributed by atoms with E-state index in [9.17, 15) is 4.79 Å². The summed E-state index contributed by atoms with van der Waals surface area (Å²) in [6.07, 6.45) is 4.80. The van der Waals surface area contributed by atoms with Crippen LogP contribution in [0.1, 0.15) is 39.5 Å². The summed E-state index contributed by atoms with van der Waals surface area (Å²) < 4.78 is 0.695. The van der Waals surface area contributed by atoms with Gasteiger partial charge in [-0.2, -0.15) is 0 Å². The number of carboxylic acids is 1. The molecule has 0 saturated carbocycles. The summed E-state index contributed by atoms with van der Waals surface area (Å²) in [6.45, 7) is 4.32. The number of aromatic nitrogens is 2. The first kappa shape index (κ1) is 15.2. The Balaban J connectivity index is 2.31. The third-order valence-electron chi connectivity index (χ3n) is 2.34. The molecule has 102 valence electrons. The highest BCUT2D eigenvalue weighted by Crippen LogP contribution is 2.26. The Bertz CT molecular complexity index is 371. The van der Waals surface area contributed by atoms with Gasteiger partial charge in [-0.1, -0.05) is 49.3 Å². The van der Waals surface area contributed by atoms with E-state index in [-0.39, 0.29) is 5.75 Å². The summed E-state index contributed by atoms with van der Waals surface area (Å²) in [5.74, 6) is -0.807. The fourth-order valence-corrected chi connectivity index (χ4v) is 3.02. The van der Waals surface area contributed by atoms with E-state index in [1.807, 2.05) is 0 Å². The van der Waals surface area contributed by atoms with Gasteiger partial charge in [-0.3, -0.25) is 4.79 Å². The van der Waals surface area contributed by atoms with Crippen LogP contribution in [0.5, 0.6) is 0 Å². The molecule has 0 amide bonds. The van der Waals surface area contributed by atoms with Gasteiger partial charge in [0.05, 0.1) is 5.75 Å². The summed E-state index contributed by atoms with van der Waals surface area (Å²) in [6, 6.07) is 0.377. The van der Waals surface area contributed by atoms with E-state index < -0.39 is 5.97 Å². The van der Waals surface area contributed by atoms with Crippen molar-refractivity contribution in [2.45, 2.75) is 49.9 Å². The zero-order valence-electron chi connectivity index (χ0n) is 10.7. The number of carboxylic acid groups (broad SMARTS) is 1. The van der Waals surface area contributed by atoms with Crippen LogP contribution >= 0.6 is 23.1 Å². The lowest BCUT2D eigenvalue weighted by atomic mass is 10.1. The molecule has 0 aliphatic carbocycles. The average molecular weight is 289 g/mol. The molecule has 0 spiro atoms. The summed E-state index contributed by atoms with van der Waals surface area (Å²) in [5.41, 5.74) is 0. The molecule has 1 rings (SSSR count). The SMILES string of the molecule is CCCCCC(C)Nc1nnc(SCC(=O)O)s1. The van der Waals surface area contributed by atoms with Crippen molar-refractivity contribution in [1.82, 2.24) is 10.2 Å². The maximum Gasteiger partial charge on any atom is 0.313 e. The molecule has 1 aromatic rings. The van der Waals surface area contributed by atoms with Crippen LogP contribution in [-0.2, 0) is 4.79 Å². The van der Waals surface area contributed by atoms with Gasteiger partial charge in [0, 0.05) is 6.04 Å². The zero-order valence-corrected chi connectivity index (χ0v) is 12.3. The monoisotopic (exact) mass is 289 g/mol. The van der Waals surface area contributed by atoms with E-state index >= 15 is 0 Å². The van der Waals surface area contributed by atoms with Gasteiger partial charge in [0.25, 0.3) is 0 Å². The average Bonchev–Trinajstić information content (AvgIpc) is 2.74. The topological polar surface area (TPSA) is 75.1 Å². The molecule has 0 saturated heterocycles. The first-order valence-corrected chi connectivity index (χ1v) is 7.86. The van der Waals surface area contributed by atoms with Crippen LogP contribution in [0.3, 0.4) is 0 Å². The van der Waals surface area contributed by atoms with Crippen molar-refractivity contribution in [3.8, 4) is 0 Å². The van der Waals surface area contributed by atoms with Crippen LogP contribution in [0.25, 0.3) is 0 Å². The zero-order chi connectivity index (χ0) is 13.4. The van der Waals surface area contributed by atoms with E-state index in [0.717, 1.165) is 11.6 Å². The minimum Gasteiger partial charge on any atom is -0.481 e. The lowest BCUT2D eigenvalue weighted by Gasteiger charge is -2.11. The number of aliphatic carboxylic acids is 1. The van der Waals surface area contributed by atoms with Crippen molar-refractivity contribution in [1.29, 1.82) is 0 Å². The Morgan fingerprint density at radius 1 is 1.50 bits per heavy atom. The summed E-state index contributed by atoms with van der Waals surface area (Å²) in [7, 11) is 0. The number of hydrogen-bond donors (Lipinski definition) is 2. The van der Waals surface area contributed by atoms with Crippen LogP contribution in [-0.4, -0.2) is 33.1 Å². The molecule has 1 unspecified atom stereocenters. The molecule has 18 heavy (non-hydrogen) atoms. The fraction of sp³-hybridized carbons (Fsp3) is 0.727. The highest BCUT2D eigenvalue weighted by atomic mass is 32.2. The van der Waals surface area contributed by atoms with Gasteiger partial charge in [0.1, 0.15) is 0 Å². The lowest BCUT2D eigenvalue weighted by molar-refractivity contribution is -0.133. The largest absolute Gasteiger partial charge is 0.481 e. The molecule has 0 aliphatic heterocycles. The molecule has 0 aliphatic rings. The van der Waals surface area contributed by atoms with Gasteiger partial charge in [0.15, 0.2) is 4.34 Å². The number of nitrogens with zero attached hydrogens (tertiary/aromatic N) is 2. The second kappa shape index (κ2) is 8.31. The summed E-state index contributed by atoms with van der Waals surface area (Å²) in [5, 5.41) is 20.6. The van der Waals surface area contributed by atoms with Crippen molar-refractivity contribution in [3.05, 3.63) is 0 Å². The second-order valence-corrected chi connectivity index (χ2v) is 6.30. The van der Waals surface area contributed by atoms with Crippen molar-refractivity contribution >= 4 is 34.2 Å². The molecule has 0 radical (unpaired) electrons. The van der Waals surface area contributed by atoms with Crippen LogP contribution in [0.4, 0.5) is 5.13 Å². The minimum absolute atomic E-state index is 0.0285. The van der Waals surface area contributed by atoms with E-state index in [2.05, 4.69) is 29.4 Å². The van der Waals surface area contributed by atoms with E-state index in [1.165, 1.54) is 42.4 Å². The minimum atomic E-state index is -0.836. The Kier molecular flexibility index (Phi) is 7.04. The molecule has 0 bridgehead atoms. The molecular formula is C11H19N3O2S2. The number of nitrogens with one attached hydrogen (secondary N) is 1. The lowest BCUT2D eigenvalue weighted by Crippen LogP contribution is -2.14. The quantitative estimate of drug-likeness (QED) is 0.537. The summed E-state index contributed by atoms with van der Waals surface area (Å²) in [4.78, 5) is 10.4. The van der Waals surface area contributed by atoms with E-state index in [4.69, 9.17) is 5.11 Å². The summed E-state index contributed by atoms with van der Waals surface area (Å²) >= 11 is 2.61. The van der Waals surface area contributed by atoms with Crippen LogP contribution < -0.4 is 5.32 Å². The number of thioether (sulfide) groups is 1. The Hall–Kier alpha value is -0.820. The number of hydrogen-bond acceptors (Lipinski definition) is 6. The van der Waals surface area contributed by atoms with Crippen molar-refractivity contribution in [2.24, 2.45) is 0 Å². The Morgan fingerprint density at radius 2 is 2.28 bits per heavy atom. The number of rotatable bonds is 9. The molecule has 0 fully saturated rings. The highest BCUT2D eigenvalue weighted by Gasteiger charge is 2.09. The van der Waals surface area contributed by atoms with Crippen LogP contribution in [0.15, 0.2) is 4.34 Å². The van der Waals surface area contributed by atoms with Crippen LogP contribution in [0, 0.1) is 0 Å². The molecular weight excluding hydrogens is 270 g/mol. The number of anilines is 1. The van der Waals surface area contributed by atoms with Gasteiger partial charge >= 0.3 is 5.97 Å². The van der Waals surface area contributed by atoms with E-state index in [0.29, 0.717) is 10.4 Å². The Labute approximate surface area is 115 Å². The van der Waals surface area contributed by atoms with Gasteiger partial charge < -0.3 is 10.4 Å². The van der Waals surface area contributed by atoms with Gasteiger partial charge in [0.2, 0.25) is 5.13 Å². The third kappa shape index (κ3) is 6.20. The molecule has 1 atom stereocenters.